The van der Waals surface area contributed by atoms with Gasteiger partial charge in [-0.1, -0.05) is 146 Å². The molecule has 0 aliphatic rings. The zero-order valence-corrected chi connectivity index (χ0v) is 33.0. The van der Waals surface area contributed by atoms with E-state index in [1.165, 1.54) is 21.8 Å². The molecular formula is C55H36N6. The molecule has 0 saturated carbocycles. The average molecular weight is 781 g/mol. The summed E-state index contributed by atoms with van der Waals surface area (Å²) in [6.45, 7) is 0. The van der Waals surface area contributed by atoms with Gasteiger partial charge in [-0.2, -0.15) is 0 Å². The Bertz CT molecular complexity index is 3210. The van der Waals surface area contributed by atoms with Crippen molar-refractivity contribution in [3.63, 3.8) is 0 Å². The quantitative estimate of drug-likeness (QED) is 0.154. The van der Waals surface area contributed by atoms with Gasteiger partial charge in [-0.25, -0.2) is 15.0 Å². The topological polar surface area (TPSA) is 69.4 Å². The number of hydrogen-bond donors (Lipinski definition) is 0. The van der Waals surface area contributed by atoms with Crippen molar-refractivity contribution < 1.29 is 0 Å². The van der Waals surface area contributed by atoms with Gasteiger partial charge in [0.05, 0.1) is 45.2 Å². The second kappa shape index (κ2) is 15.4. The number of aromatic nitrogens is 6. The molecule has 0 unspecified atom stereocenters. The summed E-state index contributed by atoms with van der Waals surface area (Å²) in [7, 11) is 0. The third-order valence-electron chi connectivity index (χ3n) is 11.1. The number of pyridine rings is 3. The van der Waals surface area contributed by atoms with E-state index < -0.39 is 0 Å². The predicted molar refractivity (Wildman–Crippen MR) is 248 cm³/mol. The summed E-state index contributed by atoms with van der Waals surface area (Å²) in [4.78, 5) is 24.8. The smallest absolute Gasteiger partial charge is 0.160 e. The van der Waals surface area contributed by atoms with Crippen LogP contribution in [0.15, 0.2) is 219 Å². The van der Waals surface area contributed by atoms with Crippen molar-refractivity contribution in [1.82, 2.24) is 29.5 Å². The lowest BCUT2D eigenvalue weighted by Gasteiger charge is -2.13. The molecule has 0 fully saturated rings. The van der Waals surface area contributed by atoms with Gasteiger partial charge >= 0.3 is 0 Å². The summed E-state index contributed by atoms with van der Waals surface area (Å²) in [6, 6.07) is 71.1. The van der Waals surface area contributed by atoms with Crippen LogP contribution in [-0.4, -0.2) is 29.5 Å². The number of benzene rings is 6. The maximum absolute atomic E-state index is 5.11. The fourth-order valence-electron chi connectivity index (χ4n) is 8.12. The van der Waals surface area contributed by atoms with Gasteiger partial charge in [-0.15, -0.1) is 0 Å². The second-order valence-corrected chi connectivity index (χ2v) is 15.0. The molecule has 0 spiro atoms. The molecule has 5 heterocycles. The fraction of sp³-hybridized carbons (Fsp3) is 0. The maximum Gasteiger partial charge on any atom is 0.160 e. The number of nitrogens with zero attached hydrogens (tertiary/aromatic N) is 6. The van der Waals surface area contributed by atoms with Gasteiger partial charge in [0.15, 0.2) is 5.82 Å². The van der Waals surface area contributed by atoms with E-state index in [4.69, 9.17) is 19.9 Å². The number of para-hydroxylation sites is 2. The summed E-state index contributed by atoms with van der Waals surface area (Å²) in [6.07, 6.45) is 3.72. The molecule has 6 nitrogen and oxygen atoms in total. The van der Waals surface area contributed by atoms with Crippen LogP contribution >= 0.6 is 0 Å². The van der Waals surface area contributed by atoms with E-state index in [2.05, 4.69) is 155 Å². The van der Waals surface area contributed by atoms with E-state index in [1.54, 1.807) is 6.20 Å². The van der Waals surface area contributed by atoms with Gasteiger partial charge in [0.1, 0.15) is 0 Å². The molecule has 6 aromatic carbocycles. The van der Waals surface area contributed by atoms with E-state index in [9.17, 15) is 0 Å². The largest absolute Gasteiger partial charge is 0.309 e. The van der Waals surface area contributed by atoms with Crippen LogP contribution in [-0.2, 0) is 0 Å². The highest BCUT2D eigenvalue weighted by Crippen LogP contribution is 2.35. The lowest BCUT2D eigenvalue weighted by atomic mass is 10.0. The number of rotatable bonds is 8. The van der Waals surface area contributed by atoms with Gasteiger partial charge in [-0.05, 0) is 77.4 Å². The van der Waals surface area contributed by atoms with Gasteiger partial charge < -0.3 is 4.57 Å². The molecule has 0 bridgehead atoms. The first-order chi connectivity index (χ1) is 30.2. The van der Waals surface area contributed by atoms with Crippen LogP contribution in [0.5, 0.6) is 0 Å². The van der Waals surface area contributed by atoms with Crippen molar-refractivity contribution in [1.29, 1.82) is 0 Å². The van der Waals surface area contributed by atoms with Crippen LogP contribution in [0, 0.1) is 0 Å². The Morgan fingerprint density at radius 1 is 0.295 bits per heavy atom. The lowest BCUT2D eigenvalue weighted by molar-refractivity contribution is 1.18. The van der Waals surface area contributed by atoms with Gasteiger partial charge in [0.2, 0.25) is 0 Å². The molecule has 0 saturated heterocycles. The van der Waals surface area contributed by atoms with Gasteiger partial charge in [0.25, 0.3) is 0 Å². The van der Waals surface area contributed by atoms with Crippen LogP contribution in [0.1, 0.15) is 0 Å². The van der Waals surface area contributed by atoms with E-state index in [0.29, 0.717) is 5.82 Å². The minimum absolute atomic E-state index is 0.676. The molecule has 11 aromatic rings. The first kappa shape index (κ1) is 35.8. The Morgan fingerprint density at radius 2 is 0.852 bits per heavy atom. The molecule has 5 aromatic heterocycles. The van der Waals surface area contributed by atoms with Crippen molar-refractivity contribution in [3.8, 4) is 84.6 Å². The molecule has 0 amide bonds. The van der Waals surface area contributed by atoms with E-state index in [-0.39, 0.29) is 0 Å². The van der Waals surface area contributed by atoms with Gasteiger partial charge in [-0.3, -0.25) is 9.97 Å². The maximum atomic E-state index is 5.11. The standard InChI is InChI=1S/C55H36N6/c1-3-14-38(15-4-1)49-35-50(39-16-5-2-6-17-39)60-55(59-49)40-27-25-37(26-28-40)42-29-30-48(57-36-42)52-34-43(33-51(58-52)47-22-11-12-31-56-47)41-18-13-19-44(32-41)61-53-23-9-7-20-45(53)46-21-8-10-24-54(46)61/h1-36H. The summed E-state index contributed by atoms with van der Waals surface area (Å²) in [5.74, 6) is 0.676. The van der Waals surface area contributed by atoms with E-state index in [1.807, 2.05) is 66.9 Å². The minimum atomic E-state index is 0.676. The van der Waals surface area contributed by atoms with Crippen LogP contribution in [0.2, 0.25) is 0 Å². The van der Waals surface area contributed by atoms with E-state index in [0.717, 1.165) is 78.8 Å². The molecule has 286 valence electrons. The molecule has 0 radical (unpaired) electrons. The highest BCUT2D eigenvalue weighted by atomic mass is 15.0. The summed E-state index contributed by atoms with van der Waals surface area (Å²) >= 11 is 0. The third-order valence-corrected chi connectivity index (χ3v) is 11.1. The summed E-state index contributed by atoms with van der Waals surface area (Å²) in [5, 5.41) is 2.47. The minimum Gasteiger partial charge on any atom is -0.309 e. The monoisotopic (exact) mass is 780 g/mol. The normalized spacial score (nSPS) is 11.3. The second-order valence-electron chi connectivity index (χ2n) is 15.0. The Hall–Kier alpha value is -8.35. The van der Waals surface area contributed by atoms with Gasteiger partial charge in [0, 0.05) is 51.1 Å². The molecule has 0 aliphatic heterocycles. The van der Waals surface area contributed by atoms with Crippen molar-refractivity contribution in [3.05, 3.63) is 219 Å². The highest BCUT2D eigenvalue weighted by molar-refractivity contribution is 6.09. The molecule has 0 atom stereocenters. The highest BCUT2D eigenvalue weighted by Gasteiger charge is 2.16. The first-order valence-corrected chi connectivity index (χ1v) is 20.3. The zero-order valence-electron chi connectivity index (χ0n) is 33.0. The number of fused-ring (bicyclic) bond motifs is 3. The van der Waals surface area contributed by atoms with Crippen molar-refractivity contribution in [2.45, 2.75) is 0 Å². The van der Waals surface area contributed by atoms with Crippen LogP contribution < -0.4 is 0 Å². The average Bonchev–Trinajstić information content (AvgIpc) is 3.69. The Labute approximate surface area is 353 Å². The molecule has 61 heavy (non-hydrogen) atoms. The molecule has 0 N–H and O–H groups in total. The third kappa shape index (κ3) is 6.92. The first-order valence-electron chi connectivity index (χ1n) is 20.3. The van der Waals surface area contributed by atoms with Crippen LogP contribution in [0.3, 0.4) is 0 Å². The van der Waals surface area contributed by atoms with Crippen molar-refractivity contribution in [2.75, 3.05) is 0 Å². The number of hydrogen-bond acceptors (Lipinski definition) is 5. The SMILES string of the molecule is c1ccc(-c2cc(-c3ccccc3)nc(-c3ccc(-c4ccc(-c5cc(-c6cccc(-n7c8ccccc8c8ccccc87)c6)cc(-c6ccccn6)n5)nc4)cc3)n2)cc1. The molecular weight excluding hydrogens is 745 g/mol. The van der Waals surface area contributed by atoms with Crippen molar-refractivity contribution in [2.24, 2.45) is 0 Å². The van der Waals surface area contributed by atoms with E-state index >= 15 is 0 Å². The molecule has 11 rings (SSSR count). The van der Waals surface area contributed by atoms with Crippen LogP contribution in [0.25, 0.3) is 106 Å². The lowest BCUT2D eigenvalue weighted by Crippen LogP contribution is -1.96. The Balaban J connectivity index is 0.935. The summed E-state index contributed by atoms with van der Waals surface area (Å²) < 4.78 is 2.35. The molecule has 0 aliphatic carbocycles. The van der Waals surface area contributed by atoms with Crippen molar-refractivity contribution >= 4 is 21.8 Å². The zero-order chi connectivity index (χ0) is 40.5. The Morgan fingerprint density at radius 3 is 1.46 bits per heavy atom. The fourth-order valence-corrected chi connectivity index (χ4v) is 8.12. The van der Waals surface area contributed by atoms with Crippen LogP contribution in [0.4, 0.5) is 0 Å². The predicted octanol–water partition coefficient (Wildman–Crippen LogP) is 13.4. The molecule has 6 heteroatoms. The Kier molecular flexibility index (Phi) is 9.06. The summed E-state index contributed by atoms with van der Waals surface area (Å²) in [5.41, 5.74) is 15.5.